The SMILES string of the molecule is CC(C)c1cc(-c2ccccc2)cc(C(C)C)c1-n1c(-c2[c-]ccc3c2oc2cc(-c4ccccc4)ccc23)nc2ccccc21.[2H]C([2H])([2H])c1c[c-]c(-c2ccc(C([2H])([2H])[2H])cn2)cc1.[Ir]. The summed E-state index contributed by atoms with van der Waals surface area (Å²) in [5, 5.41) is 2.15. The van der Waals surface area contributed by atoms with Gasteiger partial charge >= 0.3 is 0 Å². The summed E-state index contributed by atoms with van der Waals surface area (Å²) in [5.74, 6) is 1.41. The molecule has 0 spiro atoms. The van der Waals surface area contributed by atoms with Crippen LogP contribution in [-0.2, 0) is 20.1 Å². The van der Waals surface area contributed by atoms with Gasteiger partial charge in [-0.3, -0.25) is 4.98 Å². The molecule has 0 saturated heterocycles. The monoisotopic (exact) mass is 976 g/mol. The maximum Gasteiger partial charge on any atom is 0.121 e. The van der Waals surface area contributed by atoms with Crippen LogP contribution in [0.2, 0.25) is 0 Å². The van der Waals surface area contributed by atoms with Gasteiger partial charge in [-0.15, -0.1) is 53.6 Å². The fraction of sp³-hybridized carbons (Fsp3) is 0.143. The predicted octanol–water partition coefficient (Wildman–Crippen LogP) is 15.1. The summed E-state index contributed by atoms with van der Waals surface area (Å²) in [7, 11) is 0. The van der Waals surface area contributed by atoms with Crippen molar-refractivity contribution in [2.24, 2.45) is 0 Å². The number of fused-ring (bicyclic) bond motifs is 4. The molecule has 0 aliphatic carbocycles. The second-order valence-corrected chi connectivity index (χ2v) is 15.6. The van der Waals surface area contributed by atoms with Crippen LogP contribution in [0.1, 0.15) is 70.0 Å². The van der Waals surface area contributed by atoms with Crippen molar-refractivity contribution >= 4 is 33.0 Å². The summed E-state index contributed by atoms with van der Waals surface area (Å²) in [5.41, 5.74) is 14.6. The van der Waals surface area contributed by atoms with Gasteiger partial charge in [0.05, 0.1) is 22.4 Å². The van der Waals surface area contributed by atoms with E-state index in [1.807, 2.05) is 12.1 Å². The zero-order valence-electron chi connectivity index (χ0n) is 40.3. The van der Waals surface area contributed by atoms with Gasteiger partial charge in [0.25, 0.3) is 0 Å². The minimum Gasteiger partial charge on any atom is -0.501 e. The number of aromatic nitrogens is 3. The van der Waals surface area contributed by atoms with Crippen LogP contribution in [0.3, 0.4) is 0 Å². The molecule has 7 aromatic carbocycles. The molecule has 0 aliphatic heterocycles. The topological polar surface area (TPSA) is 43.9 Å². The van der Waals surface area contributed by atoms with Gasteiger partial charge in [-0.05, 0) is 93.7 Å². The summed E-state index contributed by atoms with van der Waals surface area (Å²) in [4.78, 5) is 9.37. The molecule has 61 heavy (non-hydrogen) atoms. The Hall–Kier alpha value is -6.39. The number of nitrogens with zero attached hydrogens (tertiary/aromatic N) is 3. The summed E-state index contributed by atoms with van der Waals surface area (Å²) in [6.07, 6.45) is 1.30. The second-order valence-electron chi connectivity index (χ2n) is 15.6. The van der Waals surface area contributed by atoms with Gasteiger partial charge in [-0.25, -0.2) is 0 Å². The number of para-hydroxylation sites is 2. The van der Waals surface area contributed by atoms with E-state index in [-0.39, 0.29) is 43.1 Å². The summed E-state index contributed by atoms with van der Waals surface area (Å²) >= 11 is 0. The molecule has 4 nitrogen and oxygen atoms in total. The summed E-state index contributed by atoms with van der Waals surface area (Å²) < 4.78 is 52.7. The maximum absolute atomic E-state index is 7.28. The molecule has 3 heterocycles. The number of furan rings is 1. The van der Waals surface area contributed by atoms with Gasteiger partial charge < -0.3 is 14.0 Å². The van der Waals surface area contributed by atoms with Crippen molar-refractivity contribution in [2.75, 3.05) is 0 Å². The second kappa shape index (κ2) is 17.7. The van der Waals surface area contributed by atoms with Crippen molar-refractivity contribution < 1.29 is 32.7 Å². The first-order chi connectivity index (χ1) is 31.7. The number of hydrogen-bond acceptors (Lipinski definition) is 3. The molecule has 0 amide bonds. The molecular formula is C56H47IrN3O-2. The number of benzene rings is 7. The molecule has 0 unspecified atom stereocenters. The average molecular weight is 976 g/mol. The third-order valence-corrected chi connectivity index (χ3v) is 10.9. The third kappa shape index (κ3) is 8.24. The van der Waals surface area contributed by atoms with Crippen molar-refractivity contribution in [3.63, 3.8) is 0 Å². The molecule has 10 rings (SSSR count). The molecule has 0 atom stereocenters. The molecule has 0 N–H and O–H groups in total. The van der Waals surface area contributed by atoms with E-state index in [9.17, 15) is 0 Å². The van der Waals surface area contributed by atoms with Gasteiger partial charge in [0.1, 0.15) is 5.58 Å². The molecule has 0 fully saturated rings. The smallest absolute Gasteiger partial charge is 0.121 e. The number of hydrogen-bond donors (Lipinski definition) is 0. The Kier molecular flexibility index (Phi) is 9.95. The Bertz CT molecular complexity index is 3240. The van der Waals surface area contributed by atoms with Gasteiger partial charge in [0.15, 0.2) is 0 Å². The molecule has 0 aliphatic rings. The first-order valence-corrected chi connectivity index (χ1v) is 20.3. The van der Waals surface area contributed by atoms with Crippen LogP contribution in [0.25, 0.3) is 83.6 Å². The summed E-state index contributed by atoms with van der Waals surface area (Å²) in [6.45, 7) is 4.80. The molecule has 1 radical (unpaired) electrons. The van der Waals surface area contributed by atoms with Crippen LogP contribution < -0.4 is 0 Å². The number of imidazole rings is 1. The van der Waals surface area contributed by atoms with E-state index >= 15 is 0 Å². The number of pyridine rings is 1. The molecule has 3 aromatic heterocycles. The van der Waals surface area contributed by atoms with Gasteiger partial charge in [0, 0.05) is 45.6 Å². The molecule has 10 aromatic rings. The largest absolute Gasteiger partial charge is 0.501 e. The third-order valence-electron chi connectivity index (χ3n) is 10.9. The van der Waals surface area contributed by atoms with Crippen molar-refractivity contribution in [1.29, 1.82) is 0 Å². The Morgan fingerprint density at radius 3 is 1.93 bits per heavy atom. The van der Waals surface area contributed by atoms with E-state index in [2.05, 4.69) is 165 Å². The minimum absolute atomic E-state index is 0. The fourth-order valence-electron chi connectivity index (χ4n) is 7.89. The van der Waals surface area contributed by atoms with Crippen LogP contribution in [-0.4, -0.2) is 14.5 Å². The first-order valence-electron chi connectivity index (χ1n) is 23.3. The number of rotatable bonds is 7. The molecule has 0 saturated carbocycles. The van der Waals surface area contributed by atoms with Gasteiger partial charge in [-0.1, -0.05) is 143 Å². The predicted molar refractivity (Wildman–Crippen MR) is 250 cm³/mol. The Morgan fingerprint density at radius 1 is 0.623 bits per heavy atom. The Morgan fingerprint density at radius 2 is 1.30 bits per heavy atom. The van der Waals surface area contributed by atoms with Crippen LogP contribution in [0.5, 0.6) is 0 Å². The van der Waals surface area contributed by atoms with E-state index in [1.54, 1.807) is 12.1 Å². The molecular weight excluding hydrogens is 923 g/mol. The van der Waals surface area contributed by atoms with Crippen molar-refractivity contribution in [3.8, 4) is 50.6 Å². The van der Waals surface area contributed by atoms with Gasteiger partial charge in [0.2, 0.25) is 0 Å². The van der Waals surface area contributed by atoms with Crippen LogP contribution in [0.4, 0.5) is 0 Å². The Balaban J connectivity index is 0.000000244. The fourth-order valence-corrected chi connectivity index (χ4v) is 7.89. The van der Waals surface area contributed by atoms with Crippen LogP contribution >= 0.6 is 0 Å². The standard InChI is InChI=1S/C43H35N2O.C13H12N.Ir/c1-27(2)36-24-32(30-16-9-6-10-17-30)25-37(28(3)4)41(36)45-39-21-12-11-20-38(39)44-43(45)35-19-13-18-34-33-23-22-31(26-40(33)46-42(34)35)29-14-7-5-8-15-29;1-10-3-6-12(7-4-10)13-8-5-11(2)9-14-13;/h5-18,20-28H,1-4H3;3-6,8-9H,1-2H3;/q2*-1;/i;1D3,2D3;. The first kappa shape index (κ1) is 34.3. The number of aryl methyl sites for hydroxylation is 2. The average Bonchev–Trinajstić information content (AvgIpc) is 3.90. The minimum atomic E-state index is -2.18. The zero-order chi connectivity index (χ0) is 46.3. The molecule has 0 bridgehead atoms. The normalized spacial score (nSPS) is 13.1. The van der Waals surface area contributed by atoms with Crippen LogP contribution in [0.15, 0.2) is 168 Å². The van der Waals surface area contributed by atoms with Crippen LogP contribution in [0, 0.1) is 25.8 Å². The van der Waals surface area contributed by atoms with E-state index in [4.69, 9.17) is 17.6 Å². The molecule has 303 valence electrons. The Labute approximate surface area is 380 Å². The quantitative estimate of drug-likeness (QED) is 0.150. The van der Waals surface area contributed by atoms with Crippen molar-refractivity contribution in [2.45, 2.75) is 53.2 Å². The summed E-state index contributed by atoms with van der Waals surface area (Å²) in [6, 6.07) is 58.9. The van der Waals surface area contributed by atoms with E-state index in [1.165, 1.54) is 57.9 Å². The maximum atomic E-state index is 7.28. The van der Waals surface area contributed by atoms with Gasteiger partial charge in [-0.2, -0.15) is 0 Å². The zero-order valence-corrected chi connectivity index (χ0v) is 36.7. The molecule has 5 heteroatoms. The van der Waals surface area contributed by atoms with E-state index in [0.717, 1.165) is 49.9 Å². The van der Waals surface area contributed by atoms with Crippen molar-refractivity contribution in [1.82, 2.24) is 14.5 Å². The van der Waals surface area contributed by atoms with Crippen molar-refractivity contribution in [3.05, 3.63) is 198 Å². The van der Waals surface area contributed by atoms with E-state index < -0.39 is 13.7 Å². The van der Waals surface area contributed by atoms with E-state index in [0.29, 0.717) is 11.3 Å².